The summed E-state index contributed by atoms with van der Waals surface area (Å²) in [6, 6.07) is 9.41. The summed E-state index contributed by atoms with van der Waals surface area (Å²) < 4.78 is 16.2. The van der Waals surface area contributed by atoms with Crippen molar-refractivity contribution in [2.75, 3.05) is 19.7 Å². The Kier molecular flexibility index (Phi) is 5.87. The number of hydrogen-bond donors (Lipinski definition) is 3. The fraction of sp³-hybridized carbons (Fsp3) is 0.588. The van der Waals surface area contributed by atoms with Crippen LogP contribution in [-0.2, 0) is 20.8 Å². The minimum absolute atomic E-state index is 0.0748. The lowest BCUT2D eigenvalue weighted by Gasteiger charge is -2.43. The van der Waals surface area contributed by atoms with Gasteiger partial charge in [-0.3, -0.25) is 0 Å². The third-order valence-corrected chi connectivity index (χ3v) is 4.35. The number of carbonyl (C=O) groups is 1. The van der Waals surface area contributed by atoms with E-state index in [2.05, 4.69) is 0 Å². The van der Waals surface area contributed by atoms with Gasteiger partial charge in [0.15, 0.2) is 6.29 Å². The second-order valence-corrected chi connectivity index (χ2v) is 6.30. The minimum Gasteiger partial charge on any atom is -0.445 e. The minimum atomic E-state index is -0.975. The molecule has 25 heavy (non-hydrogen) atoms. The maximum Gasteiger partial charge on any atom is 0.410 e. The van der Waals surface area contributed by atoms with Gasteiger partial charge in [0.1, 0.15) is 18.8 Å². The Bertz CT molecular complexity index is 563. The highest BCUT2D eigenvalue weighted by Crippen LogP contribution is 2.24. The van der Waals surface area contributed by atoms with Crippen LogP contribution in [0.25, 0.3) is 0 Å². The van der Waals surface area contributed by atoms with E-state index in [1.807, 2.05) is 30.3 Å². The van der Waals surface area contributed by atoms with Crippen LogP contribution in [0, 0.1) is 0 Å². The van der Waals surface area contributed by atoms with E-state index in [-0.39, 0.29) is 25.7 Å². The smallest absolute Gasteiger partial charge is 0.410 e. The number of hydrogen-bond acceptors (Lipinski definition) is 7. The van der Waals surface area contributed by atoms with E-state index in [1.54, 1.807) is 0 Å². The number of amides is 1. The third-order valence-electron chi connectivity index (χ3n) is 4.35. The Hall–Kier alpha value is -1.71. The van der Waals surface area contributed by atoms with Gasteiger partial charge in [-0.25, -0.2) is 4.79 Å². The van der Waals surface area contributed by atoms with Crippen molar-refractivity contribution in [1.29, 1.82) is 0 Å². The number of nitrogens with zero attached hydrogens (tertiary/aromatic N) is 1. The molecule has 0 radical (unpaired) electrons. The number of carbonyl (C=O) groups excluding carboxylic acids is 1. The van der Waals surface area contributed by atoms with Gasteiger partial charge in [0.2, 0.25) is 0 Å². The highest BCUT2D eigenvalue weighted by Gasteiger charge is 2.41. The van der Waals surface area contributed by atoms with Gasteiger partial charge in [-0.15, -0.1) is 0 Å². The van der Waals surface area contributed by atoms with Crippen molar-refractivity contribution in [3.63, 3.8) is 0 Å². The van der Waals surface area contributed by atoms with Crippen molar-refractivity contribution in [3.8, 4) is 0 Å². The maximum atomic E-state index is 11.9. The molecule has 1 aromatic rings. The van der Waals surface area contributed by atoms with E-state index in [0.717, 1.165) is 5.56 Å². The molecule has 2 saturated heterocycles. The molecular weight excluding hydrogens is 330 g/mol. The highest BCUT2D eigenvalue weighted by molar-refractivity contribution is 5.68. The molecule has 2 aliphatic heterocycles. The van der Waals surface area contributed by atoms with Gasteiger partial charge in [0.25, 0.3) is 0 Å². The van der Waals surface area contributed by atoms with E-state index < -0.39 is 30.7 Å². The van der Waals surface area contributed by atoms with Gasteiger partial charge in [0.05, 0.1) is 31.9 Å². The molecule has 0 bridgehead atoms. The summed E-state index contributed by atoms with van der Waals surface area (Å²) in [6.07, 6.45) is -4.22. The standard InChI is InChI=1S/C17H23NO7/c19-9-15-13(20)6-14(21)16(25-15)24-12-7-18(8-12)17(22)23-10-11-4-2-1-3-5-11/h1-5,12-16,19-21H,6-10H2/t13-,14?,15?,16-/m0/s1. The number of ether oxygens (including phenoxy) is 3. The molecule has 2 unspecified atom stereocenters. The summed E-state index contributed by atoms with van der Waals surface area (Å²) in [5, 5.41) is 28.7. The second kappa shape index (κ2) is 8.11. The first-order valence-electron chi connectivity index (χ1n) is 8.30. The molecule has 1 aromatic carbocycles. The maximum absolute atomic E-state index is 11.9. The van der Waals surface area contributed by atoms with E-state index >= 15 is 0 Å². The van der Waals surface area contributed by atoms with E-state index in [0.29, 0.717) is 13.1 Å². The van der Waals surface area contributed by atoms with E-state index in [1.165, 1.54) is 4.90 Å². The van der Waals surface area contributed by atoms with Crippen molar-refractivity contribution >= 4 is 6.09 Å². The number of aliphatic hydroxyl groups is 3. The quantitative estimate of drug-likeness (QED) is 0.676. The van der Waals surface area contributed by atoms with E-state index in [4.69, 9.17) is 19.3 Å². The van der Waals surface area contributed by atoms with Crippen LogP contribution in [0.2, 0.25) is 0 Å². The van der Waals surface area contributed by atoms with Crippen molar-refractivity contribution in [2.45, 2.75) is 43.7 Å². The average Bonchev–Trinajstić information content (AvgIpc) is 2.58. The van der Waals surface area contributed by atoms with Crippen LogP contribution < -0.4 is 0 Å². The zero-order chi connectivity index (χ0) is 17.8. The molecule has 8 heteroatoms. The third kappa shape index (κ3) is 4.47. The monoisotopic (exact) mass is 353 g/mol. The van der Waals surface area contributed by atoms with Gasteiger partial charge in [-0.05, 0) is 5.56 Å². The number of rotatable bonds is 5. The van der Waals surface area contributed by atoms with Gasteiger partial charge in [-0.2, -0.15) is 0 Å². The summed E-state index contributed by atoms with van der Waals surface area (Å²) in [6.45, 7) is 0.539. The lowest BCUT2D eigenvalue weighted by Crippen LogP contribution is -2.59. The summed E-state index contributed by atoms with van der Waals surface area (Å²) >= 11 is 0. The molecule has 2 fully saturated rings. The fourth-order valence-corrected chi connectivity index (χ4v) is 2.83. The Morgan fingerprint density at radius 2 is 1.92 bits per heavy atom. The molecule has 4 atom stereocenters. The van der Waals surface area contributed by atoms with Crippen LogP contribution >= 0.6 is 0 Å². The zero-order valence-corrected chi connectivity index (χ0v) is 13.7. The fourth-order valence-electron chi connectivity index (χ4n) is 2.83. The number of benzene rings is 1. The van der Waals surface area contributed by atoms with Crippen LogP contribution in [0.4, 0.5) is 4.79 Å². The molecule has 0 spiro atoms. The summed E-state index contributed by atoms with van der Waals surface area (Å²) in [4.78, 5) is 13.4. The average molecular weight is 353 g/mol. The first kappa shape index (κ1) is 18.1. The molecule has 3 rings (SSSR count). The van der Waals surface area contributed by atoms with Crippen LogP contribution in [0.3, 0.4) is 0 Å². The molecule has 0 aliphatic carbocycles. The first-order valence-corrected chi connectivity index (χ1v) is 8.30. The summed E-state index contributed by atoms with van der Waals surface area (Å²) in [5.74, 6) is 0. The Morgan fingerprint density at radius 3 is 2.60 bits per heavy atom. The summed E-state index contributed by atoms with van der Waals surface area (Å²) in [7, 11) is 0. The predicted molar refractivity (Wildman–Crippen MR) is 85.5 cm³/mol. The van der Waals surface area contributed by atoms with Gasteiger partial charge in [0, 0.05) is 6.42 Å². The van der Waals surface area contributed by atoms with Crippen molar-refractivity contribution in [1.82, 2.24) is 4.90 Å². The Morgan fingerprint density at radius 1 is 1.20 bits per heavy atom. The van der Waals surface area contributed by atoms with Crippen LogP contribution in [0.15, 0.2) is 30.3 Å². The van der Waals surface area contributed by atoms with Gasteiger partial charge < -0.3 is 34.4 Å². The number of likely N-dealkylation sites (tertiary alicyclic amines) is 1. The number of aliphatic hydroxyl groups excluding tert-OH is 3. The molecule has 2 heterocycles. The largest absolute Gasteiger partial charge is 0.445 e. The van der Waals surface area contributed by atoms with Gasteiger partial charge in [-0.1, -0.05) is 30.3 Å². The molecule has 3 N–H and O–H groups in total. The Balaban J connectivity index is 1.39. The molecule has 138 valence electrons. The van der Waals surface area contributed by atoms with Crippen molar-refractivity contribution < 1.29 is 34.3 Å². The van der Waals surface area contributed by atoms with Crippen LogP contribution in [0.5, 0.6) is 0 Å². The molecule has 2 aliphatic rings. The molecule has 0 aromatic heterocycles. The van der Waals surface area contributed by atoms with Crippen molar-refractivity contribution in [3.05, 3.63) is 35.9 Å². The van der Waals surface area contributed by atoms with Crippen LogP contribution in [0.1, 0.15) is 12.0 Å². The second-order valence-electron chi connectivity index (χ2n) is 6.30. The molecule has 8 nitrogen and oxygen atoms in total. The zero-order valence-electron chi connectivity index (χ0n) is 13.7. The normalized spacial score (nSPS) is 30.0. The van der Waals surface area contributed by atoms with Crippen molar-refractivity contribution in [2.24, 2.45) is 0 Å². The predicted octanol–water partition coefficient (Wildman–Crippen LogP) is -0.147. The van der Waals surface area contributed by atoms with E-state index in [9.17, 15) is 15.0 Å². The topological polar surface area (TPSA) is 109 Å². The first-order chi connectivity index (χ1) is 12.1. The Labute approximate surface area is 145 Å². The highest BCUT2D eigenvalue weighted by atomic mass is 16.7. The summed E-state index contributed by atoms with van der Waals surface area (Å²) in [5.41, 5.74) is 0.913. The lowest BCUT2D eigenvalue weighted by molar-refractivity contribution is -0.292. The molecule has 0 saturated carbocycles. The SMILES string of the molecule is O=C(OCc1ccccc1)N1CC(O[C@H]2OC(CO)[C@@H](O)CC2O)C1. The lowest BCUT2D eigenvalue weighted by atomic mass is 10.0. The van der Waals surface area contributed by atoms with Crippen LogP contribution in [-0.4, -0.2) is 76.7 Å². The molecular formula is C17H23NO7. The molecule has 1 amide bonds. The van der Waals surface area contributed by atoms with Gasteiger partial charge >= 0.3 is 6.09 Å².